The molecule has 2 aromatic carbocycles. The van der Waals surface area contributed by atoms with Crippen LogP contribution in [0, 0.1) is 5.82 Å². The summed E-state index contributed by atoms with van der Waals surface area (Å²) in [6.07, 6.45) is 3.43. The molecular formula is C26H32F2O3. The van der Waals surface area contributed by atoms with Gasteiger partial charge in [0.1, 0.15) is 6.10 Å². The molecule has 1 aliphatic carbocycles. The van der Waals surface area contributed by atoms with Crippen LogP contribution in [-0.4, -0.2) is 24.9 Å². The highest BCUT2D eigenvalue weighted by atomic mass is 19.1. The van der Waals surface area contributed by atoms with Crippen LogP contribution in [0.1, 0.15) is 70.3 Å². The molecule has 1 fully saturated rings. The SMILES string of the molecule is CCCC[C@H](F)C(=O)OC1CCC(c2ccc(-c3ccc(OCC)c(F)c3)cc2)CC1. The maximum absolute atomic E-state index is 14.1. The molecule has 0 aliphatic heterocycles. The van der Waals surface area contributed by atoms with Crippen molar-refractivity contribution in [1.82, 2.24) is 0 Å². The second-order valence-corrected chi connectivity index (χ2v) is 8.22. The minimum Gasteiger partial charge on any atom is -0.491 e. The fourth-order valence-corrected chi connectivity index (χ4v) is 4.15. The number of ether oxygens (including phenoxy) is 2. The van der Waals surface area contributed by atoms with Crippen molar-refractivity contribution in [1.29, 1.82) is 0 Å². The van der Waals surface area contributed by atoms with E-state index < -0.39 is 12.1 Å². The summed E-state index contributed by atoms with van der Waals surface area (Å²) in [7, 11) is 0. The zero-order chi connectivity index (χ0) is 22.2. The number of hydrogen-bond donors (Lipinski definition) is 0. The van der Waals surface area contributed by atoms with Crippen molar-refractivity contribution in [2.75, 3.05) is 6.61 Å². The molecule has 1 saturated carbocycles. The van der Waals surface area contributed by atoms with Gasteiger partial charge < -0.3 is 9.47 Å². The molecule has 0 heterocycles. The van der Waals surface area contributed by atoms with E-state index in [2.05, 4.69) is 12.1 Å². The summed E-state index contributed by atoms with van der Waals surface area (Å²) in [6.45, 7) is 4.23. The first-order valence-corrected chi connectivity index (χ1v) is 11.4. The summed E-state index contributed by atoms with van der Waals surface area (Å²) in [5, 5.41) is 0. The molecule has 1 atom stereocenters. The third-order valence-electron chi connectivity index (χ3n) is 5.97. The van der Waals surface area contributed by atoms with Gasteiger partial charge in [0.05, 0.1) is 6.61 Å². The minimum absolute atomic E-state index is 0.185. The second-order valence-electron chi connectivity index (χ2n) is 8.22. The zero-order valence-electron chi connectivity index (χ0n) is 18.4. The van der Waals surface area contributed by atoms with E-state index >= 15 is 0 Å². The van der Waals surface area contributed by atoms with Crippen molar-refractivity contribution in [3.8, 4) is 16.9 Å². The Labute approximate surface area is 183 Å². The van der Waals surface area contributed by atoms with Crippen LogP contribution in [0.15, 0.2) is 42.5 Å². The average molecular weight is 431 g/mol. The number of rotatable bonds is 9. The van der Waals surface area contributed by atoms with Gasteiger partial charge in [-0.3, -0.25) is 0 Å². The van der Waals surface area contributed by atoms with Crippen molar-refractivity contribution >= 4 is 5.97 Å². The van der Waals surface area contributed by atoms with Crippen LogP contribution >= 0.6 is 0 Å². The Kier molecular flexibility index (Phi) is 8.44. The van der Waals surface area contributed by atoms with Crippen molar-refractivity contribution in [2.24, 2.45) is 0 Å². The van der Waals surface area contributed by atoms with Gasteiger partial charge in [0.15, 0.2) is 17.7 Å². The molecule has 1 aliphatic rings. The van der Waals surface area contributed by atoms with E-state index in [1.54, 1.807) is 6.07 Å². The molecule has 2 aromatic rings. The molecule has 0 aromatic heterocycles. The summed E-state index contributed by atoms with van der Waals surface area (Å²) in [4.78, 5) is 11.9. The lowest BCUT2D eigenvalue weighted by molar-refractivity contribution is -0.157. The summed E-state index contributed by atoms with van der Waals surface area (Å²) in [5.41, 5.74) is 2.99. The maximum Gasteiger partial charge on any atom is 0.340 e. The Hall–Kier alpha value is -2.43. The monoisotopic (exact) mass is 430 g/mol. The fraction of sp³-hybridized carbons (Fsp3) is 0.500. The molecule has 31 heavy (non-hydrogen) atoms. The van der Waals surface area contributed by atoms with E-state index in [-0.39, 0.29) is 24.1 Å². The van der Waals surface area contributed by atoms with E-state index in [4.69, 9.17) is 9.47 Å². The first-order valence-electron chi connectivity index (χ1n) is 11.4. The van der Waals surface area contributed by atoms with Crippen molar-refractivity contribution in [2.45, 2.75) is 77.0 Å². The van der Waals surface area contributed by atoms with Gasteiger partial charge in [0.2, 0.25) is 0 Å². The van der Waals surface area contributed by atoms with Gasteiger partial charge in [0.25, 0.3) is 0 Å². The summed E-state index contributed by atoms with van der Waals surface area (Å²) >= 11 is 0. The van der Waals surface area contributed by atoms with Gasteiger partial charge in [-0.25, -0.2) is 13.6 Å². The molecule has 0 amide bonds. The Morgan fingerprint density at radius 2 is 1.71 bits per heavy atom. The number of carbonyl (C=O) groups is 1. The smallest absolute Gasteiger partial charge is 0.340 e. The third-order valence-corrected chi connectivity index (χ3v) is 5.97. The Morgan fingerprint density at radius 1 is 1.03 bits per heavy atom. The lowest BCUT2D eigenvalue weighted by Crippen LogP contribution is -2.28. The lowest BCUT2D eigenvalue weighted by atomic mass is 9.82. The third kappa shape index (κ3) is 6.28. The molecule has 0 N–H and O–H groups in total. The van der Waals surface area contributed by atoms with E-state index in [0.717, 1.165) is 43.2 Å². The van der Waals surface area contributed by atoms with E-state index in [1.165, 1.54) is 11.6 Å². The molecule has 0 unspecified atom stereocenters. The van der Waals surface area contributed by atoms with E-state index in [9.17, 15) is 13.6 Å². The first kappa shape index (κ1) is 23.2. The molecule has 3 rings (SSSR count). The van der Waals surface area contributed by atoms with Crippen LogP contribution in [0.4, 0.5) is 8.78 Å². The first-order chi connectivity index (χ1) is 15.0. The number of carbonyl (C=O) groups excluding carboxylic acids is 1. The molecule has 0 saturated heterocycles. The standard InChI is InChI=1S/C26H32F2O3/c1-3-5-6-23(27)26(29)31-22-14-11-19(12-15-22)18-7-9-20(10-8-18)21-13-16-25(30-4-2)24(28)17-21/h7-10,13,16-17,19,22-23H,3-6,11-12,14-15H2,1-2H3/t19?,22?,23-/m0/s1. The predicted molar refractivity (Wildman–Crippen MR) is 119 cm³/mol. The van der Waals surface area contributed by atoms with Crippen LogP contribution < -0.4 is 4.74 Å². The Morgan fingerprint density at radius 3 is 2.32 bits per heavy atom. The van der Waals surface area contributed by atoms with Gasteiger partial charge in [-0.05, 0) is 73.8 Å². The number of benzene rings is 2. The number of halogens is 2. The van der Waals surface area contributed by atoms with Crippen LogP contribution in [0.5, 0.6) is 5.75 Å². The molecular weight excluding hydrogens is 398 g/mol. The molecule has 0 spiro atoms. The molecule has 3 nitrogen and oxygen atoms in total. The molecule has 0 radical (unpaired) electrons. The number of esters is 1. The highest BCUT2D eigenvalue weighted by Crippen LogP contribution is 2.35. The van der Waals surface area contributed by atoms with Crippen molar-refractivity contribution in [3.63, 3.8) is 0 Å². The van der Waals surface area contributed by atoms with Gasteiger partial charge in [-0.15, -0.1) is 0 Å². The Balaban J connectivity index is 1.53. The topological polar surface area (TPSA) is 35.5 Å². The van der Waals surface area contributed by atoms with Gasteiger partial charge >= 0.3 is 5.97 Å². The summed E-state index contributed by atoms with van der Waals surface area (Å²) in [6, 6.07) is 13.2. The highest BCUT2D eigenvalue weighted by molar-refractivity contribution is 5.74. The number of unbranched alkanes of at least 4 members (excludes halogenated alkanes) is 1. The van der Waals surface area contributed by atoms with Crippen molar-refractivity contribution in [3.05, 3.63) is 53.8 Å². The van der Waals surface area contributed by atoms with Crippen LogP contribution in [0.3, 0.4) is 0 Å². The van der Waals surface area contributed by atoms with Gasteiger partial charge in [0, 0.05) is 0 Å². The van der Waals surface area contributed by atoms with E-state index in [1.807, 2.05) is 32.0 Å². The van der Waals surface area contributed by atoms with Crippen LogP contribution in [0.25, 0.3) is 11.1 Å². The molecule has 168 valence electrons. The maximum atomic E-state index is 14.1. The fourth-order valence-electron chi connectivity index (χ4n) is 4.15. The highest BCUT2D eigenvalue weighted by Gasteiger charge is 2.27. The number of hydrogen-bond acceptors (Lipinski definition) is 3. The van der Waals surface area contributed by atoms with E-state index in [0.29, 0.717) is 18.9 Å². The molecule has 0 bridgehead atoms. The van der Waals surface area contributed by atoms with Gasteiger partial charge in [-0.2, -0.15) is 0 Å². The quantitative estimate of drug-likeness (QED) is 0.402. The summed E-state index contributed by atoms with van der Waals surface area (Å²) in [5.74, 6) is -0.405. The second kappa shape index (κ2) is 11.3. The zero-order valence-corrected chi connectivity index (χ0v) is 18.4. The largest absolute Gasteiger partial charge is 0.491 e. The lowest BCUT2D eigenvalue weighted by Gasteiger charge is -2.29. The van der Waals surface area contributed by atoms with Gasteiger partial charge in [-0.1, -0.05) is 50.1 Å². The normalized spacial score (nSPS) is 19.6. The summed E-state index contributed by atoms with van der Waals surface area (Å²) < 4.78 is 38.6. The minimum atomic E-state index is -1.50. The van der Waals surface area contributed by atoms with Crippen molar-refractivity contribution < 1.29 is 23.0 Å². The van der Waals surface area contributed by atoms with Crippen LogP contribution in [0.2, 0.25) is 0 Å². The Bertz CT molecular complexity index is 842. The predicted octanol–water partition coefficient (Wildman–Crippen LogP) is 6.99. The average Bonchev–Trinajstić information content (AvgIpc) is 2.79. The molecule has 5 heteroatoms. The number of alkyl halides is 1. The van der Waals surface area contributed by atoms with Crippen LogP contribution in [-0.2, 0) is 9.53 Å².